The Balaban J connectivity index is 2.12. The molecule has 0 saturated carbocycles. The van der Waals surface area contributed by atoms with Gasteiger partial charge in [0.15, 0.2) is 5.75 Å². The van der Waals surface area contributed by atoms with E-state index < -0.39 is 48.6 Å². The van der Waals surface area contributed by atoms with Gasteiger partial charge in [-0.15, -0.1) is 0 Å². The van der Waals surface area contributed by atoms with E-state index in [4.69, 9.17) is 8.92 Å². The summed E-state index contributed by atoms with van der Waals surface area (Å²) in [6, 6.07) is 11.3. The molecule has 0 saturated heterocycles. The number of carbonyl (C=O) groups excluding carboxylic acids is 1. The first-order valence-corrected chi connectivity index (χ1v) is 11.1. The van der Waals surface area contributed by atoms with E-state index in [1.54, 1.807) is 24.3 Å². The van der Waals surface area contributed by atoms with Gasteiger partial charge in [-0.1, -0.05) is 28.1 Å². The van der Waals surface area contributed by atoms with Gasteiger partial charge in [0, 0.05) is 16.6 Å². The van der Waals surface area contributed by atoms with Gasteiger partial charge in [0.05, 0.1) is 23.3 Å². The molecule has 11 nitrogen and oxygen atoms in total. The van der Waals surface area contributed by atoms with E-state index in [2.05, 4.69) is 21.0 Å². The van der Waals surface area contributed by atoms with Crippen LogP contribution in [0.2, 0.25) is 0 Å². The van der Waals surface area contributed by atoms with Gasteiger partial charge in [-0.3, -0.25) is 14.9 Å². The maximum atomic E-state index is 12.7. The summed E-state index contributed by atoms with van der Waals surface area (Å²) in [6.45, 7) is 1.48. The number of carbonyl (C=O) groups is 1. The van der Waals surface area contributed by atoms with Crippen LogP contribution in [0.25, 0.3) is 5.69 Å². The Morgan fingerprint density at radius 2 is 1.91 bits per heavy atom. The van der Waals surface area contributed by atoms with Crippen molar-refractivity contribution in [3.63, 3.8) is 0 Å². The predicted molar refractivity (Wildman–Crippen MR) is 114 cm³/mol. The quantitative estimate of drug-likeness (QED) is 0.197. The maximum Gasteiger partial charge on any atom is 0.362 e. The summed E-state index contributed by atoms with van der Waals surface area (Å²) in [4.78, 5) is 34.7. The molecule has 2 aromatic carbocycles. The number of non-ortho nitro benzene ring substituents is 1. The number of esters is 1. The highest BCUT2D eigenvalue weighted by molar-refractivity contribution is 9.10. The summed E-state index contributed by atoms with van der Waals surface area (Å²) >= 11 is 3.27. The van der Waals surface area contributed by atoms with Gasteiger partial charge in [0.1, 0.15) is 4.90 Å². The minimum atomic E-state index is -4.65. The van der Waals surface area contributed by atoms with Crippen molar-refractivity contribution in [2.75, 3.05) is 6.61 Å². The van der Waals surface area contributed by atoms with Gasteiger partial charge in [0.2, 0.25) is 5.69 Å². The monoisotopic (exact) mass is 523 g/mol. The van der Waals surface area contributed by atoms with Gasteiger partial charge in [-0.25, -0.2) is 4.79 Å². The Morgan fingerprint density at radius 3 is 2.56 bits per heavy atom. The summed E-state index contributed by atoms with van der Waals surface area (Å²) < 4.78 is 36.8. The first kappa shape index (κ1) is 23.1. The highest BCUT2D eigenvalue weighted by Gasteiger charge is 2.26. The largest absolute Gasteiger partial charge is 0.461 e. The molecule has 0 atom stereocenters. The third-order valence-electron chi connectivity index (χ3n) is 3.93. The van der Waals surface area contributed by atoms with Gasteiger partial charge in [-0.05, 0) is 31.2 Å². The molecule has 0 aliphatic carbocycles. The Bertz CT molecular complexity index is 1370. The van der Waals surface area contributed by atoms with E-state index in [9.17, 15) is 28.1 Å². The first-order valence-electron chi connectivity index (χ1n) is 8.89. The number of aromatic nitrogens is 2. The van der Waals surface area contributed by atoms with E-state index in [0.717, 1.165) is 35.0 Å². The summed E-state index contributed by atoms with van der Waals surface area (Å²) in [5, 5.41) is 14.9. The molecule has 166 valence electrons. The van der Waals surface area contributed by atoms with E-state index >= 15 is 0 Å². The first-order chi connectivity index (χ1) is 15.1. The zero-order valence-electron chi connectivity index (χ0n) is 16.3. The van der Waals surface area contributed by atoms with Gasteiger partial charge in [0.25, 0.3) is 11.2 Å². The third-order valence-corrected chi connectivity index (χ3v) is 5.66. The summed E-state index contributed by atoms with van der Waals surface area (Å²) in [5.74, 6) is -1.70. The number of halogens is 1. The average molecular weight is 524 g/mol. The molecule has 0 bridgehead atoms. The van der Waals surface area contributed by atoms with Crippen LogP contribution in [0.4, 0.5) is 5.69 Å². The number of hydrogen-bond donors (Lipinski definition) is 0. The molecule has 1 heterocycles. The zero-order chi connectivity index (χ0) is 23.5. The lowest BCUT2D eigenvalue weighted by Crippen LogP contribution is -2.26. The second-order valence-corrected chi connectivity index (χ2v) is 8.56. The minimum absolute atomic E-state index is 0.0480. The van der Waals surface area contributed by atoms with Gasteiger partial charge < -0.3 is 8.92 Å². The molecule has 0 aliphatic heterocycles. The summed E-state index contributed by atoms with van der Waals surface area (Å²) in [7, 11) is -4.65. The van der Waals surface area contributed by atoms with Crippen LogP contribution in [0.1, 0.15) is 17.4 Å². The van der Waals surface area contributed by atoms with Crippen molar-refractivity contribution in [2.24, 2.45) is 0 Å². The second kappa shape index (κ2) is 9.28. The molecule has 3 aromatic rings. The number of hydrogen-bond acceptors (Lipinski definition) is 9. The van der Waals surface area contributed by atoms with Gasteiger partial charge >= 0.3 is 16.1 Å². The van der Waals surface area contributed by atoms with Crippen LogP contribution in [-0.4, -0.2) is 35.7 Å². The van der Waals surface area contributed by atoms with Crippen LogP contribution in [0, 0.1) is 10.1 Å². The number of rotatable bonds is 7. The molecule has 0 amide bonds. The van der Waals surface area contributed by atoms with Crippen LogP contribution in [-0.2, 0) is 14.9 Å². The van der Waals surface area contributed by atoms with E-state index in [-0.39, 0.29) is 6.61 Å². The van der Waals surface area contributed by atoms with Crippen molar-refractivity contribution >= 4 is 37.7 Å². The van der Waals surface area contributed by atoms with Crippen molar-refractivity contribution in [1.29, 1.82) is 0 Å². The average Bonchev–Trinajstić information content (AvgIpc) is 2.74. The van der Waals surface area contributed by atoms with Crippen LogP contribution in [0.5, 0.6) is 5.75 Å². The highest BCUT2D eigenvalue weighted by Crippen LogP contribution is 2.24. The molecule has 0 fully saturated rings. The van der Waals surface area contributed by atoms with Gasteiger partial charge in [-0.2, -0.15) is 18.2 Å². The molecule has 13 heteroatoms. The van der Waals surface area contributed by atoms with Crippen molar-refractivity contribution in [3.05, 3.63) is 85.2 Å². The Labute approximate surface area is 189 Å². The maximum absolute atomic E-state index is 12.7. The molecule has 0 radical (unpaired) electrons. The Hall–Kier alpha value is -3.58. The molecule has 1 aromatic heterocycles. The second-order valence-electron chi connectivity index (χ2n) is 6.10. The summed E-state index contributed by atoms with van der Waals surface area (Å²) in [6.07, 6.45) is 0. The van der Waals surface area contributed by atoms with E-state index in [1.165, 1.54) is 6.92 Å². The number of ether oxygens (including phenoxy) is 1. The van der Waals surface area contributed by atoms with E-state index in [0.29, 0.717) is 10.2 Å². The molecule has 0 N–H and O–H groups in total. The lowest BCUT2D eigenvalue weighted by atomic mass is 10.3. The molecule has 0 unspecified atom stereocenters. The molecule has 32 heavy (non-hydrogen) atoms. The number of nitro groups is 1. The fourth-order valence-electron chi connectivity index (χ4n) is 2.56. The lowest BCUT2D eigenvalue weighted by Gasteiger charge is -2.12. The van der Waals surface area contributed by atoms with Crippen molar-refractivity contribution in [1.82, 2.24) is 9.78 Å². The Kier molecular flexibility index (Phi) is 6.69. The zero-order valence-corrected chi connectivity index (χ0v) is 18.7. The predicted octanol–water partition coefficient (Wildman–Crippen LogP) is 2.85. The minimum Gasteiger partial charge on any atom is -0.461 e. The van der Waals surface area contributed by atoms with Crippen molar-refractivity contribution < 1.29 is 27.1 Å². The molecule has 3 rings (SSSR count). The normalized spacial score (nSPS) is 11.1. The van der Waals surface area contributed by atoms with Crippen LogP contribution >= 0.6 is 15.9 Å². The molecular formula is C19H14BrN3O8S. The SMILES string of the molecule is CCOC(=O)c1nn(-c2cccc(Br)c2)c(=O)cc1OS(=O)(=O)c1cccc([N+](=O)[O-])c1. The fourth-order valence-corrected chi connectivity index (χ4v) is 3.91. The molecular weight excluding hydrogens is 510 g/mol. The van der Waals surface area contributed by atoms with Crippen LogP contribution < -0.4 is 9.74 Å². The number of nitrogens with zero attached hydrogens (tertiary/aromatic N) is 3. The number of benzene rings is 2. The molecule has 0 aliphatic rings. The fraction of sp³-hybridized carbons (Fsp3) is 0.105. The summed E-state index contributed by atoms with van der Waals surface area (Å²) in [5.41, 5.74) is -1.55. The number of nitro benzene ring substituents is 1. The van der Waals surface area contributed by atoms with Crippen LogP contribution in [0.15, 0.2) is 68.8 Å². The van der Waals surface area contributed by atoms with Crippen molar-refractivity contribution in [2.45, 2.75) is 11.8 Å². The smallest absolute Gasteiger partial charge is 0.362 e. The van der Waals surface area contributed by atoms with E-state index in [1.807, 2.05) is 0 Å². The standard InChI is InChI=1S/C19H14BrN3O8S/c1-2-30-19(25)18-16(11-17(24)22(21-18)13-6-3-5-12(20)9-13)31-32(28,29)15-8-4-7-14(10-15)23(26)27/h3-11H,2H2,1H3. The Morgan fingerprint density at radius 1 is 1.19 bits per heavy atom. The lowest BCUT2D eigenvalue weighted by molar-refractivity contribution is -0.385. The highest BCUT2D eigenvalue weighted by atomic mass is 79.9. The third kappa shape index (κ3) is 5.00. The topological polar surface area (TPSA) is 148 Å². The van der Waals surface area contributed by atoms with Crippen molar-refractivity contribution in [3.8, 4) is 11.4 Å². The van der Waals surface area contributed by atoms with Crippen LogP contribution in [0.3, 0.4) is 0 Å². The molecule has 0 spiro atoms.